The van der Waals surface area contributed by atoms with Crippen molar-refractivity contribution >= 4 is 23.4 Å². The number of amides is 3. The van der Waals surface area contributed by atoms with Crippen LogP contribution in [-0.2, 0) is 20.8 Å². The Morgan fingerprint density at radius 1 is 1.16 bits per heavy atom. The lowest BCUT2D eigenvalue weighted by Crippen LogP contribution is -2.42. The largest absolute Gasteiger partial charge is 0.484 e. The molecule has 136 valence electrons. The first-order valence-corrected chi connectivity index (χ1v) is 7.39. The Kier molecular flexibility index (Phi) is 5.84. The summed E-state index contributed by atoms with van der Waals surface area (Å²) in [6, 6.07) is 4.93. The number of aryl methyl sites for hydroxylation is 1. The minimum absolute atomic E-state index is 0.0654. The van der Waals surface area contributed by atoms with Gasteiger partial charge in [-0.1, -0.05) is 0 Å². The number of rotatable bonds is 6. The van der Waals surface area contributed by atoms with Gasteiger partial charge in [0.1, 0.15) is 12.3 Å². The van der Waals surface area contributed by atoms with Gasteiger partial charge in [-0.05, 0) is 30.2 Å². The van der Waals surface area contributed by atoms with Crippen molar-refractivity contribution in [2.24, 2.45) is 0 Å². The Morgan fingerprint density at radius 3 is 2.64 bits per heavy atom. The molecule has 1 aromatic rings. The molecule has 0 bridgehead atoms. The van der Waals surface area contributed by atoms with Crippen molar-refractivity contribution in [2.45, 2.75) is 19.0 Å². The highest BCUT2D eigenvalue weighted by atomic mass is 19.4. The molecule has 0 unspecified atom stereocenters. The van der Waals surface area contributed by atoms with Crippen LogP contribution < -0.4 is 20.7 Å². The molecule has 0 aliphatic carbocycles. The molecular weight excluding hydrogens is 343 g/mol. The van der Waals surface area contributed by atoms with E-state index < -0.39 is 37.7 Å². The van der Waals surface area contributed by atoms with Crippen molar-refractivity contribution in [3.8, 4) is 5.75 Å². The van der Waals surface area contributed by atoms with Crippen LogP contribution in [0.2, 0.25) is 0 Å². The molecule has 3 amide bonds. The predicted octanol–water partition coefficient (Wildman–Crippen LogP) is 0.745. The Labute approximate surface area is 140 Å². The molecule has 0 fully saturated rings. The average Bonchev–Trinajstić information content (AvgIpc) is 2.55. The highest BCUT2D eigenvalue weighted by molar-refractivity contribution is 5.94. The molecule has 1 aliphatic rings. The van der Waals surface area contributed by atoms with Crippen LogP contribution in [0, 0.1) is 0 Å². The summed E-state index contributed by atoms with van der Waals surface area (Å²) >= 11 is 0. The molecule has 7 nitrogen and oxygen atoms in total. The van der Waals surface area contributed by atoms with Crippen molar-refractivity contribution in [1.82, 2.24) is 10.6 Å². The summed E-state index contributed by atoms with van der Waals surface area (Å²) in [4.78, 5) is 34.0. The third kappa shape index (κ3) is 6.32. The number of alkyl halides is 3. The summed E-state index contributed by atoms with van der Waals surface area (Å²) in [6.45, 7) is -2.42. The lowest BCUT2D eigenvalue weighted by atomic mass is 10.0. The molecule has 3 N–H and O–H groups in total. The fraction of sp³-hybridized carbons (Fsp3) is 0.400. The number of carbonyl (C=O) groups excluding carboxylic acids is 3. The zero-order chi connectivity index (χ0) is 18.4. The minimum atomic E-state index is -4.51. The zero-order valence-corrected chi connectivity index (χ0v) is 13.0. The van der Waals surface area contributed by atoms with Gasteiger partial charge in [0.15, 0.2) is 6.61 Å². The molecule has 25 heavy (non-hydrogen) atoms. The fourth-order valence-corrected chi connectivity index (χ4v) is 2.09. The van der Waals surface area contributed by atoms with E-state index in [1.807, 2.05) is 0 Å². The van der Waals surface area contributed by atoms with Crippen LogP contribution in [0.5, 0.6) is 5.75 Å². The van der Waals surface area contributed by atoms with Gasteiger partial charge in [-0.15, -0.1) is 0 Å². The van der Waals surface area contributed by atoms with E-state index >= 15 is 0 Å². The van der Waals surface area contributed by atoms with E-state index in [4.69, 9.17) is 4.74 Å². The molecule has 1 heterocycles. The Morgan fingerprint density at radius 2 is 1.92 bits per heavy atom. The van der Waals surface area contributed by atoms with Crippen molar-refractivity contribution in [1.29, 1.82) is 0 Å². The second-order valence-corrected chi connectivity index (χ2v) is 5.32. The van der Waals surface area contributed by atoms with Crippen molar-refractivity contribution < 1.29 is 32.3 Å². The maximum atomic E-state index is 11.9. The van der Waals surface area contributed by atoms with Gasteiger partial charge in [0, 0.05) is 12.1 Å². The number of carbonyl (C=O) groups is 3. The van der Waals surface area contributed by atoms with Gasteiger partial charge in [-0.2, -0.15) is 13.2 Å². The first kappa shape index (κ1) is 18.6. The molecule has 10 heteroatoms. The Bertz CT molecular complexity index is 676. The highest BCUT2D eigenvalue weighted by Gasteiger charge is 2.27. The third-order valence-corrected chi connectivity index (χ3v) is 3.27. The van der Waals surface area contributed by atoms with Gasteiger partial charge >= 0.3 is 6.18 Å². The summed E-state index contributed by atoms with van der Waals surface area (Å²) in [5, 5.41) is 6.50. The molecule has 0 radical (unpaired) electrons. The van der Waals surface area contributed by atoms with E-state index in [0.717, 1.165) is 5.56 Å². The summed E-state index contributed by atoms with van der Waals surface area (Å²) in [6.07, 6.45) is -3.58. The molecular formula is C15H16F3N3O4. The Hall–Kier alpha value is -2.78. The second-order valence-electron chi connectivity index (χ2n) is 5.32. The molecule has 1 aliphatic heterocycles. The number of anilines is 1. The Balaban J connectivity index is 1.73. The van der Waals surface area contributed by atoms with Crippen LogP contribution in [0.1, 0.15) is 12.0 Å². The third-order valence-electron chi connectivity index (χ3n) is 3.27. The first-order chi connectivity index (χ1) is 11.7. The van der Waals surface area contributed by atoms with Gasteiger partial charge in [0.05, 0.1) is 6.54 Å². The lowest BCUT2D eigenvalue weighted by molar-refractivity contribution is -0.138. The maximum absolute atomic E-state index is 11.9. The number of hydrogen-bond donors (Lipinski definition) is 3. The van der Waals surface area contributed by atoms with E-state index in [2.05, 4.69) is 10.6 Å². The normalized spacial score (nSPS) is 13.5. The van der Waals surface area contributed by atoms with E-state index in [0.29, 0.717) is 24.3 Å². The molecule has 0 saturated carbocycles. The van der Waals surface area contributed by atoms with Crippen molar-refractivity contribution in [3.63, 3.8) is 0 Å². The second kappa shape index (κ2) is 7.86. The molecule has 0 saturated heterocycles. The molecule has 1 aromatic carbocycles. The number of hydrogen-bond acceptors (Lipinski definition) is 4. The molecule has 0 spiro atoms. The molecule has 0 atom stereocenters. The van der Waals surface area contributed by atoms with Crippen LogP contribution in [0.4, 0.5) is 18.9 Å². The standard InChI is InChI=1S/C15H16F3N3O4/c16-15(17,18)8-20-13(23)6-19-14(24)7-25-10-2-3-11-9(5-10)1-4-12(22)21-11/h2-3,5H,1,4,6-8H2,(H,19,24)(H,20,23)(H,21,22). The zero-order valence-electron chi connectivity index (χ0n) is 13.0. The highest BCUT2D eigenvalue weighted by Crippen LogP contribution is 2.26. The van der Waals surface area contributed by atoms with Gasteiger partial charge < -0.3 is 20.7 Å². The lowest BCUT2D eigenvalue weighted by Gasteiger charge is -2.17. The van der Waals surface area contributed by atoms with E-state index in [-0.39, 0.29) is 5.91 Å². The quantitative estimate of drug-likeness (QED) is 0.698. The smallest absolute Gasteiger partial charge is 0.405 e. The number of nitrogens with one attached hydrogen (secondary N) is 3. The van der Waals surface area contributed by atoms with Crippen molar-refractivity contribution in [2.75, 3.05) is 25.0 Å². The summed E-state index contributed by atoms with van der Waals surface area (Å²) < 4.78 is 41.0. The number of benzene rings is 1. The van der Waals surface area contributed by atoms with Crippen LogP contribution in [0.3, 0.4) is 0 Å². The summed E-state index contributed by atoms with van der Waals surface area (Å²) in [5.41, 5.74) is 1.57. The van der Waals surface area contributed by atoms with Gasteiger partial charge in [-0.25, -0.2) is 0 Å². The average molecular weight is 359 g/mol. The minimum Gasteiger partial charge on any atom is -0.484 e. The maximum Gasteiger partial charge on any atom is 0.405 e. The van der Waals surface area contributed by atoms with Gasteiger partial charge in [0.25, 0.3) is 5.91 Å². The van der Waals surface area contributed by atoms with Crippen LogP contribution in [0.15, 0.2) is 18.2 Å². The number of fused-ring (bicyclic) bond motifs is 1. The first-order valence-electron chi connectivity index (χ1n) is 7.39. The van der Waals surface area contributed by atoms with E-state index in [9.17, 15) is 27.6 Å². The van der Waals surface area contributed by atoms with Crippen molar-refractivity contribution in [3.05, 3.63) is 23.8 Å². The summed E-state index contributed by atoms with van der Waals surface area (Å²) in [7, 11) is 0. The fourth-order valence-electron chi connectivity index (χ4n) is 2.09. The number of halogens is 3. The topological polar surface area (TPSA) is 96.5 Å². The predicted molar refractivity (Wildman–Crippen MR) is 81.0 cm³/mol. The van der Waals surface area contributed by atoms with Gasteiger partial charge in [-0.3, -0.25) is 14.4 Å². The van der Waals surface area contributed by atoms with Crippen LogP contribution in [-0.4, -0.2) is 43.6 Å². The molecule has 0 aromatic heterocycles. The van der Waals surface area contributed by atoms with E-state index in [1.54, 1.807) is 23.5 Å². The SMILES string of the molecule is O=C(CNC(=O)COc1ccc2c(c1)CCC(=O)N2)NCC(F)(F)F. The monoisotopic (exact) mass is 359 g/mol. The van der Waals surface area contributed by atoms with Crippen LogP contribution in [0.25, 0.3) is 0 Å². The summed E-state index contributed by atoms with van der Waals surface area (Å²) in [5.74, 6) is -1.25. The van der Waals surface area contributed by atoms with Crippen LogP contribution >= 0.6 is 0 Å². The van der Waals surface area contributed by atoms with E-state index in [1.165, 1.54) is 0 Å². The van der Waals surface area contributed by atoms with Gasteiger partial charge in [0.2, 0.25) is 11.8 Å². The number of ether oxygens (including phenoxy) is 1. The molecule has 2 rings (SSSR count).